The Morgan fingerprint density at radius 1 is 1.00 bits per heavy atom. The van der Waals surface area contributed by atoms with Crippen molar-refractivity contribution in [2.45, 2.75) is 38.6 Å². The minimum absolute atomic E-state index is 0.139. The van der Waals surface area contributed by atoms with Crippen LogP contribution in [-0.2, 0) is 16.8 Å². The van der Waals surface area contributed by atoms with E-state index in [0.717, 1.165) is 35.5 Å². The largest absolute Gasteiger partial charge is 0.497 e. The van der Waals surface area contributed by atoms with Gasteiger partial charge in [-0.25, -0.2) is 0 Å². The van der Waals surface area contributed by atoms with Gasteiger partial charge in [0.05, 0.1) is 43.7 Å². The lowest BCUT2D eigenvalue weighted by atomic mass is 9.82. The Morgan fingerprint density at radius 2 is 1.77 bits per heavy atom. The summed E-state index contributed by atoms with van der Waals surface area (Å²) in [6.45, 7) is 6.42. The van der Waals surface area contributed by atoms with Crippen molar-refractivity contribution in [1.29, 1.82) is 0 Å². The van der Waals surface area contributed by atoms with Crippen LogP contribution in [0.25, 0.3) is 5.69 Å². The molecule has 1 amide bonds. The van der Waals surface area contributed by atoms with E-state index in [9.17, 15) is 4.79 Å². The van der Waals surface area contributed by atoms with Crippen LogP contribution < -0.4 is 19.5 Å². The normalized spacial score (nSPS) is 15.7. The Bertz CT molecular complexity index is 1210. The maximum absolute atomic E-state index is 13.2. The zero-order valence-corrected chi connectivity index (χ0v) is 20.7. The monoisotopic (exact) mass is 475 g/mol. The summed E-state index contributed by atoms with van der Waals surface area (Å²) >= 11 is 0. The fraction of sp³-hybridized carbons (Fsp3) is 0.393. The zero-order valence-electron chi connectivity index (χ0n) is 20.7. The third kappa shape index (κ3) is 4.31. The zero-order chi connectivity index (χ0) is 24.4. The van der Waals surface area contributed by atoms with Crippen LogP contribution in [-0.4, -0.2) is 48.8 Å². The third-order valence-electron chi connectivity index (χ3n) is 7.01. The van der Waals surface area contributed by atoms with Gasteiger partial charge in [-0.05, 0) is 68.7 Å². The van der Waals surface area contributed by atoms with Crippen LogP contribution >= 0.6 is 0 Å². The number of aromatic nitrogens is 1. The Kier molecular flexibility index (Phi) is 6.32. The van der Waals surface area contributed by atoms with E-state index in [4.69, 9.17) is 14.2 Å². The first kappa shape index (κ1) is 23.1. The highest BCUT2D eigenvalue weighted by Crippen LogP contribution is 2.44. The summed E-state index contributed by atoms with van der Waals surface area (Å²) in [6.07, 6.45) is 4.14. The maximum Gasteiger partial charge on any atom is 0.226 e. The van der Waals surface area contributed by atoms with Gasteiger partial charge in [0, 0.05) is 31.0 Å². The number of piperidine rings is 1. The number of nitrogens with zero attached hydrogens (tertiary/aromatic N) is 2. The van der Waals surface area contributed by atoms with Gasteiger partial charge in [-0.2, -0.15) is 0 Å². The van der Waals surface area contributed by atoms with Crippen molar-refractivity contribution in [2.24, 2.45) is 0 Å². The second kappa shape index (κ2) is 9.56. The Balaban J connectivity index is 1.30. The van der Waals surface area contributed by atoms with Gasteiger partial charge in [0.25, 0.3) is 0 Å². The number of likely N-dealkylation sites (tertiary alicyclic amines) is 1. The highest BCUT2D eigenvalue weighted by Gasteiger charge is 2.42. The highest BCUT2D eigenvalue weighted by molar-refractivity contribution is 5.79. The number of hydrogen-bond donors (Lipinski definition) is 1. The van der Waals surface area contributed by atoms with Crippen molar-refractivity contribution in [1.82, 2.24) is 9.47 Å². The van der Waals surface area contributed by atoms with E-state index in [1.54, 1.807) is 7.11 Å². The maximum atomic E-state index is 13.2. The van der Waals surface area contributed by atoms with Crippen molar-refractivity contribution >= 4 is 11.6 Å². The van der Waals surface area contributed by atoms with Gasteiger partial charge in [0.15, 0.2) is 11.5 Å². The van der Waals surface area contributed by atoms with Crippen LogP contribution in [0.3, 0.4) is 0 Å². The molecule has 3 aromatic rings. The molecular formula is C28H33N3O4. The van der Waals surface area contributed by atoms with Gasteiger partial charge < -0.3 is 29.0 Å². The third-order valence-corrected chi connectivity index (χ3v) is 7.01. The number of amides is 1. The van der Waals surface area contributed by atoms with E-state index in [1.165, 1.54) is 5.69 Å². The average Bonchev–Trinajstić information content (AvgIpc) is 3.37. The molecule has 1 aromatic heterocycles. The number of rotatable bonds is 7. The number of carbonyl (C=O) groups excluding carboxylic acids is 1. The molecule has 0 bridgehead atoms. The second-order valence-corrected chi connectivity index (χ2v) is 9.06. The Labute approximate surface area is 206 Å². The summed E-state index contributed by atoms with van der Waals surface area (Å²) in [7, 11) is 1.69. The molecule has 0 aliphatic carbocycles. The van der Waals surface area contributed by atoms with Crippen LogP contribution in [0.2, 0.25) is 0 Å². The van der Waals surface area contributed by atoms with Crippen LogP contribution in [0.4, 0.5) is 5.69 Å². The summed E-state index contributed by atoms with van der Waals surface area (Å²) in [5.41, 5.74) is 4.16. The van der Waals surface area contributed by atoms with Gasteiger partial charge in [-0.3, -0.25) is 4.79 Å². The quantitative estimate of drug-likeness (QED) is 0.533. The van der Waals surface area contributed by atoms with Gasteiger partial charge in [0.1, 0.15) is 5.75 Å². The predicted octanol–water partition coefficient (Wildman–Crippen LogP) is 4.77. The number of carbonyl (C=O) groups is 1. The van der Waals surface area contributed by atoms with Crippen molar-refractivity contribution in [2.75, 3.05) is 38.7 Å². The predicted molar refractivity (Wildman–Crippen MR) is 136 cm³/mol. The lowest BCUT2D eigenvalue weighted by Gasteiger charge is -2.46. The van der Waals surface area contributed by atoms with Crippen molar-refractivity contribution < 1.29 is 19.0 Å². The van der Waals surface area contributed by atoms with Crippen LogP contribution in [0.15, 0.2) is 54.7 Å². The van der Waals surface area contributed by atoms with Gasteiger partial charge in [-0.15, -0.1) is 0 Å². The molecule has 0 radical (unpaired) electrons. The number of benzene rings is 2. The first-order valence-corrected chi connectivity index (χ1v) is 12.4. The molecule has 35 heavy (non-hydrogen) atoms. The first-order valence-electron chi connectivity index (χ1n) is 12.4. The molecule has 2 aromatic carbocycles. The van der Waals surface area contributed by atoms with E-state index in [1.807, 2.05) is 43.0 Å². The Morgan fingerprint density at radius 3 is 2.51 bits per heavy atom. The van der Waals surface area contributed by atoms with E-state index in [-0.39, 0.29) is 11.4 Å². The number of methoxy groups -OCH3 is 1. The molecule has 1 N–H and O–H groups in total. The summed E-state index contributed by atoms with van der Waals surface area (Å²) < 4.78 is 19.1. The summed E-state index contributed by atoms with van der Waals surface area (Å²) in [4.78, 5) is 15.2. The number of nitrogens with one attached hydrogen (secondary N) is 1. The second-order valence-electron chi connectivity index (χ2n) is 9.06. The van der Waals surface area contributed by atoms with Gasteiger partial charge in [0.2, 0.25) is 5.91 Å². The van der Waals surface area contributed by atoms with Crippen LogP contribution in [0.1, 0.15) is 37.9 Å². The average molecular weight is 476 g/mol. The molecule has 2 aliphatic heterocycles. The molecule has 1 saturated heterocycles. The lowest BCUT2D eigenvalue weighted by molar-refractivity contribution is -0.132. The topological polar surface area (TPSA) is 65.0 Å². The summed E-state index contributed by atoms with van der Waals surface area (Å²) in [5.74, 6) is 2.38. The number of anilines is 1. The molecule has 0 atom stereocenters. The van der Waals surface area contributed by atoms with Crippen LogP contribution in [0, 0.1) is 0 Å². The molecular weight excluding hydrogens is 442 g/mol. The van der Waals surface area contributed by atoms with E-state index in [2.05, 4.69) is 40.3 Å². The molecule has 184 valence electrons. The van der Waals surface area contributed by atoms with E-state index < -0.39 is 0 Å². The van der Waals surface area contributed by atoms with Crippen molar-refractivity contribution in [3.05, 3.63) is 66.0 Å². The fourth-order valence-corrected chi connectivity index (χ4v) is 5.27. The molecule has 2 aliphatic rings. The molecule has 0 unspecified atom stereocenters. The molecule has 1 spiro atoms. The summed E-state index contributed by atoms with van der Waals surface area (Å²) in [5, 5.41) is 3.81. The first-order chi connectivity index (χ1) is 17.1. The highest BCUT2D eigenvalue weighted by atomic mass is 16.5. The minimum atomic E-state index is -0.207. The SMILES string of the molecule is CCOc1ccc(CC(=O)N2CCC3(CC2)Nc2cc(OC)ccc2-n2cccc23)cc1OCC. The van der Waals surface area contributed by atoms with Crippen molar-refractivity contribution in [3.63, 3.8) is 0 Å². The minimum Gasteiger partial charge on any atom is -0.497 e. The van der Waals surface area contributed by atoms with E-state index >= 15 is 0 Å². The van der Waals surface area contributed by atoms with Gasteiger partial charge in [-0.1, -0.05) is 6.07 Å². The number of fused-ring (bicyclic) bond motifs is 4. The number of ether oxygens (including phenoxy) is 3. The smallest absolute Gasteiger partial charge is 0.226 e. The van der Waals surface area contributed by atoms with Crippen LogP contribution in [0.5, 0.6) is 17.2 Å². The standard InChI is InChI=1S/C28H33N3O4/c1-4-34-24-11-8-20(17-25(24)35-5-2)18-27(32)30-15-12-28(13-16-30)26-7-6-14-31(26)23-10-9-21(33-3)19-22(23)29-28/h6-11,14,17,19,29H,4-5,12-13,15-16,18H2,1-3H3. The number of hydrogen-bond acceptors (Lipinski definition) is 5. The molecule has 3 heterocycles. The molecule has 0 saturated carbocycles. The summed E-state index contributed by atoms with van der Waals surface area (Å²) in [6, 6.07) is 16.2. The fourth-order valence-electron chi connectivity index (χ4n) is 5.27. The molecule has 7 nitrogen and oxygen atoms in total. The molecule has 5 rings (SSSR count). The van der Waals surface area contributed by atoms with E-state index in [0.29, 0.717) is 44.2 Å². The molecule has 7 heteroatoms. The lowest BCUT2D eigenvalue weighted by Crippen LogP contribution is -2.51. The Hall–Kier alpha value is -3.61. The van der Waals surface area contributed by atoms with Crippen molar-refractivity contribution in [3.8, 4) is 22.9 Å². The molecule has 1 fully saturated rings. The van der Waals surface area contributed by atoms with Gasteiger partial charge >= 0.3 is 0 Å².